The van der Waals surface area contributed by atoms with Crippen molar-refractivity contribution < 1.29 is 8.42 Å². The van der Waals surface area contributed by atoms with Crippen LogP contribution < -0.4 is 11.1 Å². The van der Waals surface area contributed by atoms with Crippen LogP contribution in [0.15, 0.2) is 4.90 Å². The van der Waals surface area contributed by atoms with Crippen LogP contribution >= 0.6 is 11.5 Å². The summed E-state index contributed by atoms with van der Waals surface area (Å²) in [5, 5.41) is 3.70. The van der Waals surface area contributed by atoms with Gasteiger partial charge in [-0.3, -0.25) is 0 Å². The largest absolute Gasteiger partial charge is 0.382 e. The fourth-order valence-electron chi connectivity index (χ4n) is 3.00. The van der Waals surface area contributed by atoms with E-state index in [-0.39, 0.29) is 16.0 Å². The molecule has 21 heavy (non-hydrogen) atoms. The second-order valence-corrected chi connectivity index (χ2v) is 9.42. The summed E-state index contributed by atoms with van der Waals surface area (Å²) in [6.45, 7) is 3.12. The van der Waals surface area contributed by atoms with Crippen molar-refractivity contribution in [2.45, 2.75) is 55.6 Å². The van der Waals surface area contributed by atoms with Gasteiger partial charge < -0.3 is 11.1 Å². The van der Waals surface area contributed by atoms with E-state index in [0.29, 0.717) is 10.9 Å². The summed E-state index contributed by atoms with van der Waals surface area (Å²) in [6, 6.07) is 0. The average Bonchev–Trinajstić information content (AvgIpc) is 3.23. The van der Waals surface area contributed by atoms with Crippen LogP contribution in [0.5, 0.6) is 0 Å². The van der Waals surface area contributed by atoms with Crippen LogP contribution in [0.1, 0.15) is 45.4 Å². The van der Waals surface area contributed by atoms with Gasteiger partial charge in [0.2, 0.25) is 0 Å². The van der Waals surface area contributed by atoms with Crippen molar-refractivity contribution in [2.24, 2.45) is 11.8 Å². The Balaban J connectivity index is 1.69. The zero-order valence-electron chi connectivity index (χ0n) is 12.3. The van der Waals surface area contributed by atoms with Gasteiger partial charge in [0.1, 0.15) is 9.90 Å². The molecule has 7 heteroatoms. The Hall–Kier alpha value is -0.820. The van der Waals surface area contributed by atoms with Gasteiger partial charge in [0.25, 0.3) is 0 Å². The SMILES string of the molecule is CC1CCC(CNc2snc(N)c2S(=O)(=O)C2CC2)CC1. The number of nitrogens with one attached hydrogen (secondary N) is 1. The molecule has 0 radical (unpaired) electrons. The molecule has 0 aliphatic heterocycles. The molecule has 1 heterocycles. The van der Waals surface area contributed by atoms with E-state index in [4.69, 9.17) is 5.73 Å². The minimum absolute atomic E-state index is 0.159. The predicted octanol–water partition coefficient (Wildman–Crippen LogP) is 2.90. The van der Waals surface area contributed by atoms with Gasteiger partial charge in [0, 0.05) is 6.54 Å². The molecule has 0 saturated heterocycles. The Labute approximate surface area is 130 Å². The molecule has 1 aromatic heterocycles. The maximum atomic E-state index is 12.4. The van der Waals surface area contributed by atoms with Gasteiger partial charge in [-0.1, -0.05) is 19.8 Å². The smallest absolute Gasteiger partial charge is 0.187 e. The highest BCUT2D eigenvalue weighted by Crippen LogP contribution is 2.41. The molecular weight excluding hydrogens is 306 g/mol. The first-order chi connectivity index (χ1) is 9.98. The van der Waals surface area contributed by atoms with E-state index in [1.807, 2.05) is 0 Å². The number of nitrogens with zero attached hydrogens (tertiary/aromatic N) is 1. The Bertz CT molecular complexity index is 600. The topological polar surface area (TPSA) is 85.1 Å². The van der Waals surface area contributed by atoms with Crippen molar-refractivity contribution in [3.05, 3.63) is 0 Å². The standard InChI is InChI=1S/C14H23N3O2S2/c1-9-2-4-10(5-3-9)8-16-14-12(13(15)17-20-14)21(18,19)11-6-7-11/h9-11,16H,2-8H2,1H3,(H2,15,17). The Morgan fingerprint density at radius 2 is 1.90 bits per heavy atom. The predicted molar refractivity (Wildman–Crippen MR) is 86.3 cm³/mol. The molecule has 0 atom stereocenters. The van der Waals surface area contributed by atoms with Gasteiger partial charge in [0.15, 0.2) is 15.7 Å². The fourth-order valence-corrected chi connectivity index (χ4v) is 5.89. The van der Waals surface area contributed by atoms with Crippen LogP contribution in [0.25, 0.3) is 0 Å². The molecule has 1 aromatic rings. The number of rotatable bonds is 5. The molecule has 2 aliphatic rings. The summed E-state index contributed by atoms with van der Waals surface area (Å²) in [4.78, 5) is 0.249. The van der Waals surface area contributed by atoms with E-state index in [1.165, 1.54) is 37.2 Å². The molecule has 0 bridgehead atoms. The van der Waals surface area contributed by atoms with Gasteiger partial charge >= 0.3 is 0 Å². The third-order valence-corrected chi connectivity index (χ3v) is 7.89. The lowest BCUT2D eigenvalue weighted by atomic mass is 9.83. The molecule has 3 N–H and O–H groups in total. The quantitative estimate of drug-likeness (QED) is 0.867. The first-order valence-corrected chi connectivity index (χ1v) is 10.0. The van der Waals surface area contributed by atoms with E-state index in [2.05, 4.69) is 16.6 Å². The molecule has 2 fully saturated rings. The Kier molecular flexibility index (Phi) is 4.14. The lowest BCUT2D eigenvalue weighted by Gasteiger charge is -2.26. The number of hydrogen-bond donors (Lipinski definition) is 2. The van der Waals surface area contributed by atoms with Gasteiger partial charge in [-0.2, -0.15) is 4.37 Å². The highest BCUT2D eigenvalue weighted by Gasteiger charge is 2.40. The van der Waals surface area contributed by atoms with Crippen LogP contribution in [0.3, 0.4) is 0 Å². The van der Waals surface area contributed by atoms with Crippen LogP contribution in [-0.4, -0.2) is 24.6 Å². The van der Waals surface area contributed by atoms with Crippen molar-refractivity contribution in [2.75, 3.05) is 17.6 Å². The number of aromatic nitrogens is 1. The summed E-state index contributed by atoms with van der Waals surface area (Å²) in [5.41, 5.74) is 5.80. The average molecular weight is 329 g/mol. The zero-order chi connectivity index (χ0) is 15.0. The minimum Gasteiger partial charge on any atom is -0.382 e. The van der Waals surface area contributed by atoms with Crippen molar-refractivity contribution in [3.63, 3.8) is 0 Å². The molecule has 5 nitrogen and oxygen atoms in total. The van der Waals surface area contributed by atoms with Crippen LogP contribution in [0, 0.1) is 11.8 Å². The number of nitrogen functional groups attached to an aromatic ring is 1. The van der Waals surface area contributed by atoms with E-state index < -0.39 is 9.84 Å². The second-order valence-electron chi connectivity index (χ2n) is 6.48. The summed E-state index contributed by atoms with van der Waals surface area (Å²) in [6.07, 6.45) is 6.46. The third-order valence-electron chi connectivity index (χ3n) is 4.61. The molecule has 2 aliphatic carbocycles. The van der Waals surface area contributed by atoms with Crippen LogP contribution in [0.2, 0.25) is 0 Å². The van der Waals surface area contributed by atoms with Crippen molar-refractivity contribution in [1.82, 2.24) is 4.37 Å². The molecular formula is C14H23N3O2S2. The van der Waals surface area contributed by atoms with Crippen molar-refractivity contribution in [1.29, 1.82) is 0 Å². The van der Waals surface area contributed by atoms with Gasteiger partial charge in [0.05, 0.1) is 5.25 Å². The minimum atomic E-state index is -3.29. The molecule has 0 unspecified atom stereocenters. The first kappa shape index (κ1) is 15.1. The number of anilines is 2. The number of hydrogen-bond acceptors (Lipinski definition) is 6. The highest BCUT2D eigenvalue weighted by atomic mass is 32.2. The molecule has 0 spiro atoms. The van der Waals surface area contributed by atoms with Crippen LogP contribution in [0.4, 0.5) is 10.8 Å². The Morgan fingerprint density at radius 3 is 2.52 bits per heavy atom. The summed E-state index contributed by atoms with van der Waals surface area (Å²) in [7, 11) is -3.29. The summed E-state index contributed by atoms with van der Waals surface area (Å²) >= 11 is 1.17. The normalized spacial score (nSPS) is 26.7. The molecule has 3 rings (SSSR count). The van der Waals surface area contributed by atoms with Crippen molar-refractivity contribution >= 4 is 32.2 Å². The zero-order valence-corrected chi connectivity index (χ0v) is 14.0. The van der Waals surface area contributed by atoms with Gasteiger partial charge in [-0.05, 0) is 49.1 Å². The summed E-state index contributed by atoms with van der Waals surface area (Å²) < 4.78 is 28.9. The van der Waals surface area contributed by atoms with Gasteiger partial charge in [-0.15, -0.1) is 0 Å². The van der Waals surface area contributed by atoms with E-state index >= 15 is 0 Å². The molecule has 2 saturated carbocycles. The maximum absolute atomic E-state index is 12.4. The summed E-state index contributed by atoms with van der Waals surface area (Å²) in [5.74, 6) is 1.61. The van der Waals surface area contributed by atoms with E-state index in [9.17, 15) is 8.42 Å². The molecule has 0 amide bonds. The monoisotopic (exact) mass is 329 g/mol. The van der Waals surface area contributed by atoms with Crippen LogP contribution in [-0.2, 0) is 9.84 Å². The van der Waals surface area contributed by atoms with E-state index in [0.717, 1.165) is 25.3 Å². The second kappa shape index (κ2) is 5.76. The number of nitrogens with two attached hydrogens (primary N) is 1. The molecule has 118 valence electrons. The lowest BCUT2D eigenvalue weighted by Crippen LogP contribution is -2.20. The van der Waals surface area contributed by atoms with Crippen molar-refractivity contribution in [3.8, 4) is 0 Å². The van der Waals surface area contributed by atoms with E-state index in [1.54, 1.807) is 0 Å². The fraction of sp³-hybridized carbons (Fsp3) is 0.786. The van der Waals surface area contributed by atoms with Gasteiger partial charge in [-0.25, -0.2) is 8.42 Å². The number of sulfone groups is 1. The third kappa shape index (κ3) is 3.18. The Morgan fingerprint density at radius 1 is 1.24 bits per heavy atom. The highest BCUT2D eigenvalue weighted by molar-refractivity contribution is 7.92. The lowest BCUT2D eigenvalue weighted by molar-refractivity contribution is 0.300. The molecule has 0 aromatic carbocycles. The maximum Gasteiger partial charge on any atom is 0.187 e. The first-order valence-electron chi connectivity index (χ1n) is 7.71.